The van der Waals surface area contributed by atoms with Crippen molar-refractivity contribution < 1.29 is 9.21 Å². The number of nitrogens with one attached hydrogen (secondary N) is 2. The summed E-state index contributed by atoms with van der Waals surface area (Å²) >= 11 is 0. The van der Waals surface area contributed by atoms with Crippen molar-refractivity contribution in [3.05, 3.63) is 101 Å². The Morgan fingerprint density at radius 1 is 0.929 bits per heavy atom. The van der Waals surface area contributed by atoms with Crippen molar-refractivity contribution in [1.29, 1.82) is 0 Å². The first-order valence-electron chi connectivity index (χ1n) is 8.77. The number of carbonyl (C=O) groups is 1. The predicted molar refractivity (Wildman–Crippen MR) is 108 cm³/mol. The predicted octanol–water partition coefficient (Wildman–Crippen LogP) is 4.05. The zero-order valence-corrected chi connectivity index (χ0v) is 14.9. The SMILES string of the molecule is O=C(Nc1cc2ccccc2oc1=O)c1ccccc1NCc1ccncc1. The number of carbonyl (C=O) groups excluding carboxylic acids is 1. The van der Waals surface area contributed by atoms with Crippen LogP contribution in [0.1, 0.15) is 15.9 Å². The number of nitrogens with zero attached hydrogens (tertiary/aromatic N) is 1. The van der Waals surface area contributed by atoms with Gasteiger partial charge in [-0.15, -0.1) is 0 Å². The average molecular weight is 371 g/mol. The van der Waals surface area contributed by atoms with E-state index < -0.39 is 5.63 Å². The van der Waals surface area contributed by atoms with Gasteiger partial charge in [-0.2, -0.15) is 0 Å². The summed E-state index contributed by atoms with van der Waals surface area (Å²) in [5.74, 6) is -0.389. The van der Waals surface area contributed by atoms with E-state index in [1.807, 2.05) is 36.4 Å². The highest BCUT2D eigenvalue weighted by atomic mass is 16.4. The number of anilines is 2. The van der Waals surface area contributed by atoms with Crippen LogP contribution in [-0.2, 0) is 6.54 Å². The molecule has 4 rings (SSSR count). The van der Waals surface area contributed by atoms with E-state index in [-0.39, 0.29) is 11.6 Å². The normalized spacial score (nSPS) is 10.6. The van der Waals surface area contributed by atoms with Crippen LogP contribution in [0.25, 0.3) is 11.0 Å². The molecule has 28 heavy (non-hydrogen) atoms. The van der Waals surface area contributed by atoms with Gasteiger partial charge in [-0.3, -0.25) is 9.78 Å². The van der Waals surface area contributed by atoms with Gasteiger partial charge >= 0.3 is 5.63 Å². The molecule has 0 unspecified atom stereocenters. The van der Waals surface area contributed by atoms with Crippen LogP contribution in [0.3, 0.4) is 0 Å². The lowest BCUT2D eigenvalue weighted by molar-refractivity contribution is 0.102. The summed E-state index contributed by atoms with van der Waals surface area (Å²) in [6, 6.07) is 19.7. The second kappa shape index (κ2) is 7.75. The number of amides is 1. The summed E-state index contributed by atoms with van der Waals surface area (Å²) in [4.78, 5) is 29.0. The Labute approximate surface area is 160 Å². The number of aromatic nitrogens is 1. The fraction of sp³-hybridized carbons (Fsp3) is 0.0455. The van der Waals surface area contributed by atoms with Gasteiger partial charge in [0.25, 0.3) is 5.91 Å². The smallest absolute Gasteiger partial charge is 0.360 e. The molecular weight excluding hydrogens is 354 g/mol. The second-order valence-corrected chi connectivity index (χ2v) is 6.19. The van der Waals surface area contributed by atoms with Gasteiger partial charge < -0.3 is 15.1 Å². The topological polar surface area (TPSA) is 84.2 Å². The van der Waals surface area contributed by atoms with Crippen molar-refractivity contribution >= 4 is 28.3 Å². The fourth-order valence-corrected chi connectivity index (χ4v) is 2.87. The molecule has 1 amide bonds. The molecule has 6 heteroatoms. The van der Waals surface area contributed by atoms with Gasteiger partial charge in [-0.1, -0.05) is 30.3 Å². The molecule has 0 aliphatic carbocycles. The van der Waals surface area contributed by atoms with Gasteiger partial charge in [0.15, 0.2) is 0 Å². The molecule has 0 fully saturated rings. The van der Waals surface area contributed by atoms with Crippen LogP contribution in [0.5, 0.6) is 0 Å². The zero-order valence-electron chi connectivity index (χ0n) is 14.9. The first-order chi connectivity index (χ1) is 13.7. The largest absolute Gasteiger partial charge is 0.421 e. The zero-order chi connectivity index (χ0) is 19.3. The number of pyridine rings is 1. The lowest BCUT2D eigenvalue weighted by atomic mass is 10.1. The molecule has 0 spiro atoms. The van der Waals surface area contributed by atoms with Gasteiger partial charge in [0.1, 0.15) is 11.3 Å². The Balaban J connectivity index is 1.57. The lowest BCUT2D eigenvalue weighted by Crippen LogP contribution is -2.19. The molecule has 2 aromatic heterocycles. The van der Waals surface area contributed by atoms with Crippen LogP contribution in [-0.4, -0.2) is 10.9 Å². The molecule has 0 saturated heterocycles. The molecule has 0 atom stereocenters. The highest BCUT2D eigenvalue weighted by molar-refractivity contribution is 6.08. The molecule has 2 aromatic carbocycles. The number of rotatable bonds is 5. The van der Waals surface area contributed by atoms with E-state index in [1.165, 1.54) is 0 Å². The number of hydrogen-bond acceptors (Lipinski definition) is 5. The Morgan fingerprint density at radius 3 is 2.54 bits per heavy atom. The van der Waals surface area contributed by atoms with Crippen molar-refractivity contribution in [2.45, 2.75) is 6.54 Å². The molecular formula is C22H17N3O3. The van der Waals surface area contributed by atoms with E-state index in [1.54, 1.807) is 42.7 Å². The first kappa shape index (κ1) is 17.5. The van der Waals surface area contributed by atoms with Gasteiger partial charge in [-0.05, 0) is 42.0 Å². The summed E-state index contributed by atoms with van der Waals surface area (Å²) in [6.07, 6.45) is 3.43. The Hall–Kier alpha value is -3.93. The molecule has 0 saturated carbocycles. The summed E-state index contributed by atoms with van der Waals surface area (Å²) in [7, 11) is 0. The van der Waals surface area contributed by atoms with Crippen molar-refractivity contribution in [2.75, 3.05) is 10.6 Å². The van der Waals surface area contributed by atoms with Crippen molar-refractivity contribution in [3.8, 4) is 0 Å². The number of hydrogen-bond donors (Lipinski definition) is 2. The quantitative estimate of drug-likeness (QED) is 0.517. The highest BCUT2D eigenvalue weighted by Crippen LogP contribution is 2.19. The van der Waals surface area contributed by atoms with E-state index in [4.69, 9.17) is 4.42 Å². The molecule has 138 valence electrons. The third-order valence-electron chi connectivity index (χ3n) is 4.29. The third-order valence-corrected chi connectivity index (χ3v) is 4.29. The number of fused-ring (bicyclic) bond motifs is 1. The second-order valence-electron chi connectivity index (χ2n) is 6.19. The molecule has 2 heterocycles. The molecule has 6 nitrogen and oxygen atoms in total. The summed E-state index contributed by atoms with van der Waals surface area (Å²) in [5, 5.41) is 6.65. The van der Waals surface area contributed by atoms with Crippen LogP contribution < -0.4 is 16.3 Å². The van der Waals surface area contributed by atoms with Crippen LogP contribution in [0.2, 0.25) is 0 Å². The molecule has 0 bridgehead atoms. The minimum Gasteiger partial charge on any atom is -0.421 e. The molecule has 0 aliphatic rings. The third kappa shape index (κ3) is 3.76. The minimum absolute atomic E-state index is 0.104. The van der Waals surface area contributed by atoms with Gasteiger partial charge in [0.05, 0.1) is 5.56 Å². The van der Waals surface area contributed by atoms with Crippen molar-refractivity contribution in [2.24, 2.45) is 0 Å². The fourth-order valence-electron chi connectivity index (χ4n) is 2.87. The Kier molecular flexibility index (Phi) is 4.84. The van der Waals surface area contributed by atoms with E-state index in [9.17, 15) is 9.59 Å². The van der Waals surface area contributed by atoms with Crippen LogP contribution in [0.4, 0.5) is 11.4 Å². The van der Waals surface area contributed by atoms with E-state index in [0.717, 1.165) is 10.9 Å². The summed E-state index contributed by atoms with van der Waals surface area (Å²) in [6.45, 7) is 0.547. The molecule has 0 aliphatic heterocycles. The Morgan fingerprint density at radius 2 is 1.68 bits per heavy atom. The van der Waals surface area contributed by atoms with Crippen molar-refractivity contribution in [1.82, 2.24) is 4.98 Å². The summed E-state index contributed by atoms with van der Waals surface area (Å²) in [5.41, 5.74) is 2.14. The monoisotopic (exact) mass is 371 g/mol. The van der Waals surface area contributed by atoms with Crippen LogP contribution in [0.15, 0.2) is 88.3 Å². The first-order valence-corrected chi connectivity index (χ1v) is 8.77. The number of para-hydroxylation sites is 2. The summed E-state index contributed by atoms with van der Waals surface area (Å²) < 4.78 is 5.27. The minimum atomic E-state index is -0.589. The maximum absolute atomic E-state index is 12.8. The van der Waals surface area contributed by atoms with Crippen LogP contribution in [0, 0.1) is 0 Å². The molecule has 2 N–H and O–H groups in total. The van der Waals surface area contributed by atoms with Crippen LogP contribution >= 0.6 is 0 Å². The van der Waals surface area contributed by atoms with Crippen molar-refractivity contribution in [3.63, 3.8) is 0 Å². The maximum Gasteiger partial charge on any atom is 0.360 e. The van der Waals surface area contributed by atoms with Gasteiger partial charge in [0.2, 0.25) is 0 Å². The standard InChI is InChI=1S/C22H17N3O3/c26-21(25-19-13-16-5-1-4-8-20(16)28-22(19)27)17-6-2-3-7-18(17)24-14-15-9-11-23-12-10-15/h1-13,24H,14H2,(H,25,26). The molecule has 4 aromatic rings. The van der Waals surface area contributed by atoms with Gasteiger partial charge in [-0.25, -0.2) is 4.79 Å². The van der Waals surface area contributed by atoms with E-state index >= 15 is 0 Å². The molecule has 0 radical (unpaired) electrons. The highest BCUT2D eigenvalue weighted by Gasteiger charge is 2.14. The van der Waals surface area contributed by atoms with E-state index in [2.05, 4.69) is 15.6 Å². The number of benzene rings is 2. The van der Waals surface area contributed by atoms with Gasteiger partial charge in [0, 0.05) is 30.0 Å². The lowest BCUT2D eigenvalue weighted by Gasteiger charge is -2.12. The van der Waals surface area contributed by atoms with E-state index in [0.29, 0.717) is 23.4 Å². The average Bonchev–Trinajstić information content (AvgIpc) is 2.73. The Bertz CT molecular complexity index is 1190. The maximum atomic E-state index is 12.8.